The van der Waals surface area contributed by atoms with Crippen LogP contribution in [0.15, 0.2) is 22.7 Å². The number of nitrogens with two attached hydrogens (primary N) is 1. The van der Waals surface area contributed by atoms with Crippen LogP contribution in [-0.2, 0) is 10.8 Å². The normalized spacial score (nSPS) is 12.4. The van der Waals surface area contributed by atoms with Crippen LogP contribution in [-0.4, -0.2) is 22.8 Å². The number of rotatable bonds is 4. The summed E-state index contributed by atoms with van der Waals surface area (Å²) in [6, 6.07) is 5.57. The van der Waals surface area contributed by atoms with E-state index in [1.807, 2.05) is 18.2 Å². The van der Waals surface area contributed by atoms with Gasteiger partial charge in [0.15, 0.2) is 0 Å². The number of halogens is 1. The van der Waals surface area contributed by atoms with Crippen molar-refractivity contribution in [3.63, 3.8) is 0 Å². The van der Waals surface area contributed by atoms with Gasteiger partial charge in [0.05, 0.1) is 0 Å². The first-order valence-corrected chi connectivity index (χ1v) is 6.70. The summed E-state index contributed by atoms with van der Waals surface area (Å²) < 4.78 is 11.7. The lowest BCUT2D eigenvalue weighted by atomic mass is 10.3. The second-order valence-corrected chi connectivity index (χ2v) is 5.35. The quantitative estimate of drug-likeness (QED) is 0.825. The highest BCUT2D eigenvalue weighted by atomic mass is 79.9. The second kappa shape index (κ2) is 5.36. The van der Waals surface area contributed by atoms with Crippen LogP contribution in [0.2, 0.25) is 0 Å². The summed E-state index contributed by atoms with van der Waals surface area (Å²) in [4.78, 5) is 0. The molecule has 0 aliphatic rings. The van der Waals surface area contributed by atoms with Crippen molar-refractivity contribution in [1.29, 1.82) is 0 Å². The van der Waals surface area contributed by atoms with Gasteiger partial charge in [0, 0.05) is 45.2 Å². The molecule has 0 spiro atoms. The number of anilines is 2. The number of nitrogens with one attached hydrogen (secondary N) is 1. The molecule has 1 rings (SSSR count). The minimum atomic E-state index is -0.753. The molecule has 1 aromatic rings. The van der Waals surface area contributed by atoms with Gasteiger partial charge in [-0.1, -0.05) is 0 Å². The molecular formula is C9H13BrN2OS. The summed E-state index contributed by atoms with van der Waals surface area (Å²) in [5.41, 5.74) is 7.30. The van der Waals surface area contributed by atoms with Gasteiger partial charge in [-0.2, -0.15) is 0 Å². The molecule has 3 N–H and O–H groups in total. The monoisotopic (exact) mass is 276 g/mol. The highest BCUT2D eigenvalue weighted by molar-refractivity contribution is 9.10. The number of hydrogen-bond acceptors (Lipinski definition) is 3. The molecule has 3 nitrogen and oxygen atoms in total. The fraction of sp³-hybridized carbons (Fsp3) is 0.333. The van der Waals surface area contributed by atoms with E-state index < -0.39 is 10.8 Å². The minimum absolute atomic E-state index is 0.650. The SMILES string of the molecule is CS(=O)CCNc1ccc(N)cc1Br. The lowest BCUT2D eigenvalue weighted by molar-refractivity contribution is 0.687. The van der Waals surface area contributed by atoms with Crippen molar-refractivity contribution in [2.45, 2.75) is 0 Å². The highest BCUT2D eigenvalue weighted by Gasteiger charge is 1.99. The Kier molecular flexibility index (Phi) is 4.41. The Morgan fingerprint density at radius 1 is 1.57 bits per heavy atom. The Morgan fingerprint density at radius 3 is 2.86 bits per heavy atom. The first kappa shape index (κ1) is 11.5. The summed E-state index contributed by atoms with van der Waals surface area (Å²) >= 11 is 3.40. The fourth-order valence-electron chi connectivity index (χ4n) is 1.00. The predicted octanol–water partition coefficient (Wildman–Crippen LogP) is 1.82. The maximum Gasteiger partial charge on any atom is 0.0486 e. The molecule has 0 aromatic heterocycles. The van der Waals surface area contributed by atoms with Crippen molar-refractivity contribution in [2.24, 2.45) is 0 Å². The average Bonchev–Trinajstić information content (AvgIpc) is 2.08. The topological polar surface area (TPSA) is 55.1 Å². The summed E-state index contributed by atoms with van der Waals surface area (Å²) in [6.07, 6.45) is 1.69. The van der Waals surface area contributed by atoms with E-state index in [1.54, 1.807) is 6.26 Å². The maximum atomic E-state index is 10.8. The average molecular weight is 277 g/mol. The lowest BCUT2D eigenvalue weighted by Gasteiger charge is -2.07. The smallest absolute Gasteiger partial charge is 0.0486 e. The van der Waals surface area contributed by atoms with Crippen LogP contribution in [0.1, 0.15) is 0 Å². The Bertz CT molecular complexity index is 344. The molecule has 14 heavy (non-hydrogen) atoms. The Labute approximate surface area is 94.7 Å². The molecule has 0 aliphatic carbocycles. The molecule has 0 radical (unpaired) electrons. The van der Waals surface area contributed by atoms with Crippen LogP contribution in [0.5, 0.6) is 0 Å². The van der Waals surface area contributed by atoms with E-state index in [2.05, 4.69) is 21.2 Å². The van der Waals surface area contributed by atoms with Crippen LogP contribution in [0, 0.1) is 0 Å². The summed E-state index contributed by atoms with van der Waals surface area (Å²) in [5, 5.41) is 3.18. The van der Waals surface area contributed by atoms with E-state index in [0.717, 1.165) is 15.8 Å². The van der Waals surface area contributed by atoms with E-state index in [1.165, 1.54) is 0 Å². The third kappa shape index (κ3) is 3.67. The molecule has 0 fully saturated rings. The minimum Gasteiger partial charge on any atom is -0.399 e. The van der Waals surface area contributed by atoms with E-state index >= 15 is 0 Å². The van der Waals surface area contributed by atoms with Crippen molar-refractivity contribution in [3.8, 4) is 0 Å². The van der Waals surface area contributed by atoms with Crippen LogP contribution in [0.4, 0.5) is 11.4 Å². The third-order valence-corrected chi connectivity index (χ3v) is 3.13. The second-order valence-electron chi connectivity index (χ2n) is 2.94. The fourth-order valence-corrected chi connectivity index (χ4v) is 1.93. The van der Waals surface area contributed by atoms with E-state index in [9.17, 15) is 4.21 Å². The molecule has 1 atom stereocenters. The Hall–Kier alpha value is -0.550. The number of benzene rings is 1. The first-order valence-electron chi connectivity index (χ1n) is 4.18. The van der Waals surface area contributed by atoms with Gasteiger partial charge in [-0.25, -0.2) is 0 Å². The maximum absolute atomic E-state index is 10.8. The summed E-state index contributed by atoms with van der Waals surface area (Å²) in [5.74, 6) is 0.650. The van der Waals surface area contributed by atoms with Crippen molar-refractivity contribution in [2.75, 3.05) is 29.6 Å². The van der Waals surface area contributed by atoms with Crippen molar-refractivity contribution >= 4 is 38.1 Å². The largest absolute Gasteiger partial charge is 0.399 e. The van der Waals surface area contributed by atoms with Crippen LogP contribution in [0.25, 0.3) is 0 Å². The zero-order valence-electron chi connectivity index (χ0n) is 7.92. The summed E-state index contributed by atoms with van der Waals surface area (Å²) in [7, 11) is -0.753. The van der Waals surface area contributed by atoms with Crippen LogP contribution in [0.3, 0.4) is 0 Å². The third-order valence-electron chi connectivity index (χ3n) is 1.70. The van der Waals surface area contributed by atoms with Crippen molar-refractivity contribution < 1.29 is 4.21 Å². The molecule has 0 amide bonds. The summed E-state index contributed by atoms with van der Waals surface area (Å²) in [6.45, 7) is 0.700. The Morgan fingerprint density at radius 2 is 2.29 bits per heavy atom. The molecule has 1 unspecified atom stereocenters. The standard InChI is InChI=1S/C9H13BrN2OS/c1-14(13)5-4-12-9-3-2-7(11)6-8(9)10/h2-3,6,12H,4-5,11H2,1H3. The zero-order chi connectivity index (χ0) is 10.6. The van der Waals surface area contributed by atoms with E-state index in [0.29, 0.717) is 12.3 Å². The van der Waals surface area contributed by atoms with E-state index in [-0.39, 0.29) is 0 Å². The van der Waals surface area contributed by atoms with Gasteiger partial charge in [-0.3, -0.25) is 4.21 Å². The van der Waals surface area contributed by atoms with Gasteiger partial charge in [0.25, 0.3) is 0 Å². The molecule has 0 aliphatic heterocycles. The van der Waals surface area contributed by atoms with Crippen LogP contribution < -0.4 is 11.1 Å². The number of nitrogen functional groups attached to an aromatic ring is 1. The molecule has 0 bridgehead atoms. The van der Waals surface area contributed by atoms with Gasteiger partial charge in [-0.15, -0.1) is 0 Å². The van der Waals surface area contributed by atoms with Gasteiger partial charge in [-0.05, 0) is 34.1 Å². The highest BCUT2D eigenvalue weighted by Crippen LogP contribution is 2.24. The van der Waals surface area contributed by atoms with Gasteiger partial charge >= 0.3 is 0 Å². The van der Waals surface area contributed by atoms with Crippen molar-refractivity contribution in [3.05, 3.63) is 22.7 Å². The van der Waals surface area contributed by atoms with Gasteiger partial charge in [0.2, 0.25) is 0 Å². The Balaban J connectivity index is 2.55. The molecule has 0 saturated carbocycles. The molecule has 78 valence electrons. The number of hydrogen-bond donors (Lipinski definition) is 2. The lowest BCUT2D eigenvalue weighted by Crippen LogP contribution is -2.10. The zero-order valence-corrected chi connectivity index (χ0v) is 10.3. The van der Waals surface area contributed by atoms with Crippen LogP contribution >= 0.6 is 15.9 Å². The van der Waals surface area contributed by atoms with Gasteiger partial charge < -0.3 is 11.1 Å². The van der Waals surface area contributed by atoms with Crippen molar-refractivity contribution in [1.82, 2.24) is 0 Å². The molecule has 0 heterocycles. The van der Waals surface area contributed by atoms with E-state index in [4.69, 9.17) is 5.73 Å². The molecule has 5 heteroatoms. The predicted molar refractivity (Wildman–Crippen MR) is 66.0 cm³/mol. The first-order chi connectivity index (χ1) is 6.59. The molecular weight excluding hydrogens is 264 g/mol. The molecule has 1 aromatic carbocycles. The van der Waals surface area contributed by atoms with Gasteiger partial charge in [0.1, 0.15) is 0 Å². The molecule has 0 saturated heterocycles.